The fourth-order valence-electron chi connectivity index (χ4n) is 3.91. The van der Waals surface area contributed by atoms with Gasteiger partial charge in [-0.15, -0.1) is 11.8 Å². The maximum absolute atomic E-state index is 13.3. The minimum Gasteiger partial charge on any atom is -0.325 e. The molecule has 0 aliphatic heterocycles. The van der Waals surface area contributed by atoms with Crippen molar-refractivity contribution < 1.29 is 14.4 Å². The van der Waals surface area contributed by atoms with E-state index in [0.29, 0.717) is 26.9 Å². The number of carbonyl (C=O) groups excluding carboxylic acids is 3. The number of rotatable bonds is 9. The maximum Gasteiger partial charge on any atom is 0.272 e. The number of halogens is 2. The van der Waals surface area contributed by atoms with E-state index in [1.807, 2.05) is 51.1 Å². The predicted octanol–water partition coefficient (Wildman–Crippen LogP) is 8.14. The molecule has 4 aromatic carbocycles. The number of anilines is 2. The van der Waals surface area contributed by atoms with Gasteiger partial charge in [-0.2, -0.15) is 0 Å². The molecule has 3 amide bonds. The van der Waals surface area contributed by atoms with Gasteiger partial charge in [-0.25, -0.2) is 0 Å². The van der Waals surface area contributed by atoms with Crippen LogP contribution >= 0.6 is 35.0 Å². The molecule has 3 N–H and O–H groups in total. The van der Waals surface area contributed by atoms with Crippen LogP contribution in [0.3, 0.4) is 0 Å². The van der Waals surface area contributed by atoms with Crippen LogP contribution in [-0.4, -0.2) is 23.0 Å². The zero-order chi connectivity index (χ0) is 30.2. The summed E-state index contributed by atoms with van der Waals surface area (Å²) in [4.78, 5) is 39.9. The van der Waals surface area contributed by atoms with Crippen LogP contribution < -0.4 is 16.0 Å². The van der Waals surface area contributed by atoms with Crippen LogP contribution in [0.2, 0.25) is 10.0 Å². The highest BCUT2D eigenvalue weighted by molar-refractivity contribution is 8.00. The summed E-state index contributed by atoms with van der Waals surface area (Å²) in [6.07, 6.45) is 1.50. The van der Waals surface area contributed by atoms with Crippen molar-refractivity contribution in [3.63, 3.8) is 0 Å². The van der Waals surface area contributed by atoms with Crippen molar-refractivity contribution in [2.45, 2.75) is 30.9 Å². The number of aryl methyl sites for hydroxylation is 1. The molecule has 0 heterocycles. The highest BCUT2D eigenvalue weighted by Crippen LogP contribution is 2.27. The normalized spacial score (nSPS) is 11.9. The summed E-state index contributed by atoms with van der Waals surface area (Å²) in [6, 6.07) is 26.4. The van der Waals surface area contributed by atoms with Gasteiger partial charge < -0.3 is 16.0 Å². The number of nitrogens with one attached hydrogen (secondary N) is 3. The minimum atomic E-state index is -0.535. The third kappa shape index (κ3) is 8.26. The van der Waals surface area contributed by atoms with E-state index in [9.17, 15) is 14.4 Å². The molecule has 6 nitrogen and oxygen atoms in total. The number of hydrogen-bond donors (Lipinski definition) is 3. The van der Waals surface area contributed by atoms with Crippen molar-refractivity contribution in [2.75, 3.05) is 10.6 Å². The van der Waals surface area contributed by atoms with E-state index in [0.717, 1.165) is 21.7 Å². The molecule has 1 atom stereocenters. The monoisotopic (exact) mass is 617 g/mol. The number of hydrogen-bond acceptors (Lipinski definition) is 4. The lowest BCUT2D eigenvalue weighted by molar-refractivity contribution is -0.115. The Labute approximate surface area is 259 Å². The van der Waals surface area contributed by atoms with Gasteiger partial charge in [0.2, 0.25) is 5.91 Å². The third-order valence-electron chi connectivity index (χ3n) is 6.45. The first-order valence-electron chi connectivity index (χ1n) is 13.1. The van der Waals surface area contributed by atoms with E-state index in [4.69, 9.17) is 23.2 Å². The molecular weight excluding hydrogens is 589 g/mol. The van der Waals surface area contributed by atoms with E-state index in [1.165, 1.54) is 17.8 Å². The summed E-state index contributed by atoms with van der Waals surface area (Å²) in [5.41, 5.74) is 4.38. The Morgan fingerprint density at radius 1 is 0.833 bits per heavy atom. The Hall–Kier alpha value is -4.04. The lowest BCUT2D eigenvalue weighted by Gasteiger charge is -2.15. The van der Waals surface area contributed by atoms with Crippen molar-refractivity contribution in [3.8, 4) is 0 Å². The average molecular weight is 619 g/mol. The maximum atomic E-state index is 13.3. The molecule has 0 bridgehead atoms. The number of benzene rings is 4. The second-order valence-electron chi connectivity index (χ2n) is 9.52. The van der Waals surface area contributed by atoms with Crippen molar-refractivity contribution >= 4 is 70.1 Å². The van der Waals surface area contributed by atoms with Crippen LogP contribution in [-0.2, 0) is 9.59 Å². The van der Waals surface area contributed by atoms with Crippen LogP contribution in [0.4, 0.5) is 11.4 Å². The van der Waals surface area contributed by atoms with Crippen LogP contribution in [0.5, 0.6) is 0 Å². The highest BCUT2D eigenvalue weighted by atomic mass is 35.5. The second-order valence-corrected chi connectivity index (χ2v) is 11.8. The third-order valence-corrected chi connectivity index (χ3v) is 8.12. The van der Waals surface area contributed by atoms with Gasteiger partial charge >= 0.3 is 0 Å². The number of amides is 3. The molecule has 0 aromatic heterocycles. The second kappa shape index (κ2) is 14.2. The van der Waals surface area contributed by atoms with Gasteiger partial charge in [0.1, 0.15) is 5.70 Å². The van der Waals surface area contributed by atoms with Gasteiger partial charge in [-0.3, -0.25) is 14.4 Å². The summed E-state index contributed by atoms with van der Waals surface area (Å²) in [5, 5.41) is 8.94. The number of thioether (sulfide) groups is 1. The minimum absolute atomic E-state index is 0.00302. The van der Waals surface area contributed by atoms with Gasteiger partial charge in [-0.05, 0) is 98.1 Å². The highest BCUT2D eigenvalue weighted by Gasteiger charge is 2.18. The fourth-order valence-corrected chi connectivity index (χ4v) is 5.24. The van der Waals surface area contributed by atoms with E-state index in [-0.39, 0.29) is 16.9 Å². The van der Waals surface area contributed by atoms with Crippen LogP contribution in [0, 0.1) is 13.8 Å². The zero-order valence-corrected chi connectivity index (χ0v) is 25.5. The summed E-state index contributed by atoms with van der Waals surface area (Å²) < 4.78 is 0. The Bertz CT molecular complexity index is 1640. The largest absolute Gasteiger partial charge is 0.325 e. The van der Waals surface area contributed by atoms with Gasteiger partial charge in [-0.1, -0.05) is 59.6 Å². The van der Waals surface area contributed by atoms with Crippen LogP contribution in [0.15, 0.2) is 102 Å². The van der Waals surface area contributed by atoms with Crippen molar-refractivity contribution in [2.24, 2.45) is 0 Å². The Kier molecular flexibility index (Phi) is 10.5. The molecule has 1 unspecified atom stereocenters. The molecule has 4 aromatic rings. The SMILES string of the molecule is Cc1cccc(NC(=O)C(C)Sc2ccc(NC(=O)/C(=C/c3ccc(Cl)cc3Cl)NC(=O)c3ccccc3)cc2)c1C. The molecule has 0 radical (unpaired) electrons. The van der Waals surface area contributed by atoms with Crippen molar-refractivity contribution in [1.29, 1.82) is 0 Å². The molecule has 0 aliphatic rings. The van der Waals surface area contributed by atoms with Crippen molar-refractivity contribution in [1.82, 2.24) is 5.32 Å². The first-order chi connectivity index (χ1) is 20.1. The lowest BCUT2D eigenvalue weighted by Crippen LogP contribution is -2.30. The van der Waals surface area contributed by atoms with E-state index >= 15 is 0 Å². The summed E-state index contributed by atoms with van der Waals surface area (Å²) in [5.74, 6) is -1.08. The Balaban J connectivity index is 1.45. The molecule has 42 heavy (non-hydrogen) atoms. The summed E-state index contributed by atoms with van der Waals surface area (Å²) in [7, 11) is 0. The van der Waals surface area contributed by atoms with Crippen LogP contribution in [0.1, 0.15) is 34.0 Å². The smallest absolute Gasteiger partial charge is 0.272 e. The summed E-state index contributed by atoms with van der Waals surface area (Å²) in [6.45, 7) is 5.83. The predicted molar refractivity (Wildman–Crippen MR) is 173 cm³/mol. The molecule has 4 rings (SSSR count). The molecule has 0 fully saturated rings. The molecule has 9 heteroatoms. The lowest BCUT2D eigenvalue weighted by atomic mass is 10.1. The molecule has 214 valence electrons. The van der Waals surface area contributed by atoms with E-state index < -0.39 is 11.8 Å². The van der Waals surface area contributed by atoms with E-state index in [2.05, 4.69) is 16.0 Å². The van der Waals surface area contributed by atoms with Gasteiger partial charge in [0.05, 0.1) is 5.25 Å². The fraction of sp³-hybridized carbons (Fsp3) is 0.121. The number of carbonyl (C=O) groups is 3. The van der Waals surface area contributed by atoms with Gasteiger partial charge in [0, 0.05) is 31.9 Å². The Morgan fingerprint density at radius 3 is 2.24 bits per heavy atom. The van der Waals surface area contributed by atoms with Crippen LogP contribution in [0.25, 0.3) is 6.08 Å². The first kappa shape index (κ1) is 30.9. The van der Waals surface area contributed by atoms with E-state index in [1.54, 1.807) is 60.7 Å². The Morgan fingerprint density at radius 2 is 1.55 bits per heavy atom. The quantitative estimate of drug-likeness (QED) is 0.131. The van der Waals surface area contributed by atoms with Gasteiger partial charge in [0.15, 0.2) is 0 Å². The zero-order valence-electron chi connectivity index (χ0n) is 23.2. The summed E-state index contributed by atoms with van der Waals surface area (Å²) >= 11 is 13.8. The van der Waals surface area contributed by atoms with Gasteiger partial charge in [0.25, 0.3) is 11.8 Å². The topological polar surface area (TPSA) is 87.3 Å². The molecule has 0 aliphatic carbocycles. The first-order valence-corrected chi connectivity index (χ1v) is 14.7. The molecule has 0 saturated heterocycles. The standard InChI is InChI=1S/C33H29Cl2N3O3S/c1-20-8-7-11-29(21(20)2)37-31(39)22(3)42-27-16-14-26(15-17-27)36-33(41)30(18-24-12-13-25(34)19-28(24)35)38-32(40)23-9-5-4-6-10-23/h4-19,22H,1-3H3,(H,36,41)(H,37,39)(H,38,40)/b30-18-. The van der Waals surface area contributed by atoms with Crippen molar-refractivity contribution in [3.05, 3.63) is 129 Å². The average Bonchev–Trinajstić information content (AvgIpc) is 2.97. The molecule has 0 saturated carbocycles. The molecule has 0 spiro atoms. The molecular formula is C33H29Cl2N3O3S.